The Labute approximate surface area is 125 Å². The molecule has 1 fully saturated rings. The Bertz CT molecular complexity index is 497. The van der Waals surface area contributed by atoms with Crippen molar-refractivity contribution in [2.45, 2.75) is 31.7 Å². The predicted molar refractivity (Wildman–Crippen MR) is 72.5 cm³/mol. The number of hydrogen-bond donors (Lipinski definition) is 1. The molecular formula is C13H16ClF3N2O2. The number of aliphatic hydroxyl groups is 1. The van der Waals surface area contributed by atoms with Crippen molar-refractivity contribution in [1.29, 1.82) is 0 Å². The fraction of sp³-hybridized carbons (Fsp3) is 0.615. The van der Waals surface area contributed by atoms with Crippen LogP contribution < -0.4 is 4.90 Å². The number of hydrogen-bond acceptors (Lipinski definition) is 4. The van der Waals surface area contributed by atoms with E-state index in [1.807, 2.05) is 0 Å². The van der Waals surface area contributed by atoms with Crippen LogP contribution in [0.25, 0.3) is 0 Å². The minimum absolute atomic E-state index is 0.0534. The van der Waals surface area contributed by atoms with Crippen LogP contribution in [-0.4, -0.2) is 42.0 Å². The Kier molecular flexibility index (Phi) is 4.95. The third kappa shape index (κ3) is 3.99. The second-order valence-corrected chi connectivity index (χ2v) is 5.44. The van der Waals surface area contributed by atoms with Gasteiger partial charge in [0, 0.05) is 12.7 Å². The number of ether oxygens (including phenoxy) is 1. The van der Waals surface area contributed by atoms with Crippen LogP contribution in [0.1, 0.15) is 18.9 Å². The first-order valence-corrected chi connectivity index (χ1v) is 6.92. The fourth-order valence-corrected chi connectivity index (χ4v) is 2.59. The molecular weight excluding hydrogens is 309 g/mol. The van der Waals surface area contributed by atoms with E-state index >= 15 is 0 Å². The number of aromatic nitrogens is 1. The molecule has 118 valence electrons. The highest BCUT2D eigenvalue weighted by molar-refractivity contribution is 6.33. The van der Waals surface area contributed by atoms with E-state index in [0.717, 1.165) is 12.3 Å². The standard InChI is InChI=1S/C13H16ClF3N2O2/c1-8(20)4-10-7-21-3-2-19(10)12-11(14)5-9(6-18-12)13(15,16)17/h5-6,8,10,20H,2-4,7H2,1H3/t8-,10+/m1/s1. The molecule has 4 nitrogen and oxygen atoms in total. The molecule has 0 spiro atoms. The van der Waals surface area contributed by atoms with Crippen molar-refractivity contribution in [3.05, 3.63) is 22.8 Å². The summed E-state index contributed by atoms with van der Waals surface area (Å²) in [6.07, 6.45) is -3.82. The molecule has 1 N–H and O–H groups in total. The van der Waals surface area contributed by atoms with Crippen molar-refractivity contribution in [2.75, 3.05) is 24.7 Å². The topological polar surface area (TPSA) is 45.6 Å². The number of alkyl halides is 3. The minimum atomic E-state index is -4.47. The molecule has 1 aromatic rings. The van der Waals surface area contributed by atoms with E-state index in [1.165, 1.54) is 0 Å². The van der Waals surface area contributed by atoms with Crippen molar-refractivity contribution < 1.29 is 23.0 Å². The van der Waals surface area contributed by atoms with Gasteiger partial charge >= 0.3 is 6.18 Å². The van der Waals surface area contributed by atoms with Crippen LogP contribution in [0.15, 0.2) is 12.3 Å². The highest BCUT2D eigenvalue weighted by atomic mass is 35.5. The molecule has 1 aliphatic heterocycles. The van der Waals surface area contributed by atoms with Gasteiger partial charge in [-0.15, -0.1) is 0 Å². The molecule has 8 heteroatoms. The number of aliphatic hydroxyl groups excluding tert-OH is 1. The lowest BCUT2D eigenvalue weighted by atomic mass is 10.1. The number of pyridine rings is 1. The normalized spacial score (nSPS) is 21.4. The number of rotatable bonds is 3. The quantitative estimate of drug-likeness (QED) is 0.928. The van der Waals surface area contributed by atoms with E-state index < -0.39 is 17.8 Å². The number of morpholine rings is 1. The van der Waals surface area contributed by atoms with Gasteiger partial charge in [-0.3, -0.25) is 0 Å². The fourth-order valence-electron chi connectivity index (χ4n) is 2.32. The monoisotopic (exact) mass is 324 g/mol. The summed E-state index contributed by atoms with van der Waals surface area (Å²) in [4.78, 5) is 5.65. The molecule has 1 aromatic heterocycles. The van der Waals surface area contributed by atoms with Gasteiger partial charge in [0.15, 0.2) is 0 Å². The van der Waals surface area contributed by atoms with Crippen molar-refractivity contribution in [1.82, 2.24) is 4.98 Å². The summed E-state index contributed by atoms with van der Waals surface area (Å²) in [6.45, 7) is 2.93. The molecule has 0 aliphatic carbocycles. The average molecular weight is 325 g/mol. The van der Waals surface area contributed by atoms with Crippen molar-refractivity contribution >= 4 is 17.4 Å². The Morgan fingerprint density at radius 2 is 2.29 bits per heavy atom. The summed E-state index contributed by atoms with van der Waals surface area (Å²) < 4.78 is 43.2. The van der Waals surface area contributed by atoms with E-state index in [4.69, 9.17) is 16.3 Å². The SMILES string of the molecule is C[C@@H](O)C[C@H]1COCCN1c1ncc(C(F)(F)F)cc1Cl. The van der Waals surface area contributed by atoms with Gasteiger partial charge in [0.1, 0.15) is 5.82 Å². The smallest absolute Gasteiger partial charge is 0.393 e. The van der Waals surface area contributed by atoms with E-state index in [1.54, 1.807) is 11.8 Å². The second-order valence-electron chi connectivity index (χ2n) is 5.03. The van der Waals surface area contributed by atoms with Gasteiger partial charge < -0.3 is 14.7 Å². The van der Waals surface area contributed by atoms with E-state index in [9.17, 15) is 18.3 Å². The van der Waals surface area contributed by atoms with Crippen LogP contribution in [0, 0.1) is 0 Å². The van der Waals surface area contributed by atoms with Gasteiger partial charge in [-0.05, 0) is 19.4 Å². The lowest BCUT2D eigenvalue weighted by Gasteiger charge is -2.37. The molecule has 0 amide bonds. The van der Waals surface area contributed by atoms with Crippen LogP contribution in [-0.2, 0) is 10.9 Å². The summed E-state index contributed by atoms with van der Waals surface area (Å²) in [5, 5.41) is 9.45. The second kappa shape index (κ2) is 6.37. The molecule has 1 saturated heterocycles. The predicted octanol–water partition coefficient (Wildman–Crippen LogP) is 2.73. The first-order valence-electron chi connectivity index (χ1n) is 6.54. The zero-order valence-electron chi connectivity index (χ0n) is 11.4. The van der Waals surface area contributed by atoms with Crippen LogP contribution in [0.5, 0.6) is 0 Å². The largest absolute Gasteiger partial charge is 0.417 e. The molecule has 0 aromatic carbocycles. The molecule has 0 radical (unpaired) electrons. The maximum atomic E-state index is 12.6. The maximum absolute atomic E-state index is 12.6. The maximum Gasteiger partial charge on any atom is 0.417 e. The van der Waals surface area contributed by atoms with Gasteiger partial charge in [-0.2, -0.15) is 13.2 Å². The molecule has 2 rings (SSSR count). The highest BCUT2D eigenvalue weighted by Gasteiger charge is 2.33. The number of halogens is 4. The summed E-state index contributed by atoms with van der Waals surface area (Å²) in [6, 6.07) is 0.708. The van der Waals surface area contributed by atoms with Gasteiger partial charge in [0.25, 0.3) is 0 Å². The van der Waals surface area contributed by atoms with E-state index in [-0.39, 0.29) is 11.1 Å². The molecule has 2 atom stereocenters. The third-order valence-corrected chi connectivity index (χ3v) is 3.54. The number of anilines is 1. The molecule has 0 saturated carbocycles. The lowest BCUT2D eigenvalue weighted by Crippen LogP contribution is -2.47. The first kappa shape index (κ1) is 16.3. The lowest BCUT2D eigenvalue weighted by molar-refractivity contribution is -0.137. The van der Waals surface area contributed by atoms with Crippen molar-refractivity contribution in [3.63, 3.8) is 0 Å². The summed E-state index contributed by atoms with van der Waals surface area (Å²) in [5.41, 5.74) is -0.878. The Morgan fingerprint density at radius 1 is 1.57 bits per heavy atom. The summed E-state index contributed by atoms with van der Waals surface area (Å²) in [7, 11) is 0. The first-order chi connectivity index (χ1) is 9.79. The molecule has 0 unspecified atom stereocenters. The Balaban J connectivity index is 2.26. The molecule has 1 aliphatic rings. The highest BCUT2D eigenvalue weighted by Crippen LogP contribution is 2.34. The zero-order chi connectivity index (χ0) is 15.6. The van der Waals surface area contributed by atoms with Gasteiger partial charge in [-0.1, -0.05) is 11.6 Å². The van der Waals surface area contributed by atoms with Gasteiger partial charge in [0.2, 0.25) is 0 Å². The third-order valence-electron chi connectivity index (χ3n) is 3.26. The molecule has 0 bridgehead atoms. The Morgan fingerprint density at radius 3 is 2.86 bits per heavy atom. The van der Waals surface area contributed by atoms with E-state index in [0.29, 0.717) is 32.0 Å². The van der Waals surface area contributed by atoms with Gasteiger partial charge in [0.05, 0.1) is 35.9 Å². The molecule has 21 heavy (non-hydrogen) atoms. The van der Waals surface area contributed by atoms with Crippen molar-refractivity contribution in [2.24, 2.45) is 0 Å². The molecule has 2 heterocycles. The number of nitrogens with zero attached hydrogens (tertiary/aromatic N) is 2. The van der Waals surface area contributed by atoms with E-state index in [2.05, 4.69) is 4.98 Å². The van der Waals surface area contributed by atoms with Crippen LogP contribution >= 0.6 is 11.6 Å². The average Bonchev–Trinajstić information content (AvgIpc) is 2.38. The van der Waals surface area contributed by atoms with Crippen LogP contribution in [0.2, 0.25) is 5.02 Å². The van der Waals surface area contributed by atoms with Gasteiger partial charge in [-0.25, -0.2) is 4.98 Å². The van der Waals surface area contributed by atoms with Crippen LogP contribution in [0.4, 0.5) is 19.0 Å². The Hall–Kier alpha value is -1.05. The summed E-state index contributed by atoms with van der Waals surface area (Å²) >= 11 is 5.96. The minimum Gasteiger partial charge on any atom is -0.393 e. The van der Waals surface area contributed by atoms with Crippen LogP contribution in [0.3, 0.4) is 0 Å². The summed E-state index contributed by atoms with van der Waals surface area (Å²) in [5.74, 6) is 0.290. The zero-order valence-corrected chi connectivity index (χ0v) is 12.2. The van der Waals surface area contributed by atoms with Crippen molar-refractivity contribution in [3.8, 4) is 0 Å².